The summed E-state index contributed by atoms with van der Waals surface area (Å²) in [6, 6.07) is 14.7. The number of nitrogens with zero attached hydrogens (tertiary/aromatic N) is 1. The predicted molar refractivity (Wildman–Crippen MR) is 80.9 cm³/mol. The zero-order valence-electron chi connectivity index (χ0n) is 11.6. The summed E-state index contributed by atoms with van der Waals surface area (Å²) < 4.78 is 0. The first-order chi connectivity index (χ1) is 9.24. The summed E-state index contributed by atoms with van der Waals surface area (Å²) in [5, 5.41) is 3.43. The summed E-state index contributed by atoms with van der Waals surface area (Å²) in [5.41, 5.74) is 8.93. The van der Waals surface area contributed by atoms with Crippen molar-refractivity contribution in [2.45, 2.75) is 32.9 Å². The van der Waals surface area contributed by atoms with Gasteiger partial charge in [0.05, 0.1) is 5.69 Å². The van der Waals surface area contributed by atoms with Crippen molar-refractivity contribution in [3.8, 4) is 11.3 Å². The van der Waals surface area contributed by atoms with Crippen molar-refractivity contribution in [2.75, 3.05) is 5.32 Å². The van der Waals surface area contributed by atoms with Crippen LogP contribution in [0.4, 0.5) is 5.82 Å². The monoisotopic (exact) mass is 255 g/mol. The molecule has 3 N–H and O–H groups in total. The number of pyridine rings is 1. The molecule has 1 heterocycles. The van der Waals surface area contributed by atoms with Crippen molar-refractivity contribution in [3.05, 3.63) is 48.0 Å². The quantitative estimate of drug-likeness (QED) is 0.860. The van der Waals surface area contributed by atoms with Gasteiger partial charge >= 0.3 is 0 Å². The van der Waals surface area contributed by atoms with Crippen LogP contribution in [0.3, 0.4) is 0 Å². The van der Waals surface area contributed by atoms with Gasteiger partial charge in [-0.25, -0.2) is 4.98 Å². The molecule has 0 saturated heterocycles. The molecular weight excluding hydrogens is 234 g/mol. The SMILES string of the molecule is CCC(C)Nc1nc(-c2ccccc2)ccc1CN. The first-order valence-corrected chi connectivity index (χ1v) is 6.76. The molecular formula is C16H21N3. The van der Waals surface area contributed by atoms with E-state index in [9.17, 15) is 0 Å². The van der Waals surface area contributed by atoms with E-state index in [-0.39, 0.29) is 0 Å². The van der Waals surface area contributed by atoms with Gasteiger partial charge in [-0.1, -0.05) is 43.3 Å². The van der Waals surface area contributed by atoms with Gasteiger partial charge in [-0.15, -0.1) is 0 Å². The number of benzene rings is 1. The van der Waals surface area contributed by atoms with E-state index < -0.39 is 0 Å². The number of nitrogens with two attached hydrogens (primary N) is 1. The third-order valence-corrected chi connectivity index (χ3v) is 3.26. The van der Waals surface area contributed by atoms with Gasteiger partial charge < -0.3 is 11.1 Å². The number of hydrogen-bond acceptors (Lipinski definition) is 3. The number of rotatable bonds is 5. The lowest BCUT2D eigenvalue weighted by Crippen LogP contribution is -2.17. The smallest absolute Gasteiger partial charge is 0.131 e. The molecule has 0 fully saturated rings. The lowest BCUT2D eigenvalue weighted by molar-refractivity contribution is 0.756. The van der Waals surface area contributed by atoms with Gasteiger partial charge in [-0.3, -0.25) is 0 Å². The Balaban J connectivity index is 2.35. The minimum atomic E-state index is 0.392. The van der Waals surface area contributed by atoms with Crippen LogP contribution in [0.5, 0.6) is 0 Å². The predicted octanol–water partition coefficient (Wildman–Crippen LogP) is 3.42. The first-order valence-electron chi connectivity index (χ1n) is 6.76. The van der Waals surface area contributed by atoms with Gasteiger partial charge in [0.25, 0.3) is 0 Å². The molecule has 1 atom stereocenters. The summed E-state index contributed by atoms with van der Waals surface area (Å²) in [7, 11) is 0. The molecule has 100 valence electrons. The standard InChI is InChI=1S/C16H21N3/c1-3-12(2)18-16-14(11-17)9-10-15(19-16)13-7-5-4-6-8-13/h4-10,12H,3,11,17H2,1-2H3,(H,18,19). The van der Waals surface area contributed by atoms with Crippen LogP contribution < -0.4 is 11.1 Å². The summed E-state index contributed by atoms with van der Waals surface area (Å²) in [6.45, 7) is 4.80. The molecule has 2 aromatic rings. The fraction of sp³-hybridized carbons (Fsp3) is 0.312. The molecule has 19 heavy (non-hydrogen) atoms. The largest absolute Gasteiger partial charge is 0.367 e. The minimum absolute atomic E-state index is 0.392. The lowest BCUT2D eigenvalue weighted by atomic mass is 10.1. The Morgan fingerprint density at radius 1 is 1.16 bits per heavy atom. The highest BCUT2D eigenvalue weighted by Gasteiger charge is 2.08. The van der Waals surface area contributed by atoms with Crippen molar-refractivity contribution in [1.29, 1.82) is 0 Å². The fourth-order valence-corrected chi connectivity index (χ4v) is 1.88. The van der Waals surface area contributed by atoms with Crippen LogP contribution in [-0.2, 0) is 6.54 Å². The maximum atomic E-state index is 5.78. The molecule has 3 nitrogen and oxygen atoms in total. The molecule has 0 radical (unpaired) electrons. The van der Waals surface area contributed by atoms with E-state index >= 15 is 0 Å². The van der Waals surface area contributed by atoms with Crippen LogP contribution in [-0.4, -0.2) is 11.0 Å². The highest BCUT2D eigenvalue weighted by Crippen LogP contribution is 2.22. The third-order valence-electron chi connectivity index (χ3n) is 3.26. The average molecular weight is 255 g/mol. The molecule has 0 spiro atoms. The minimum Gasteiger partial charge on any atom is -0.367 e. The Bertz CT molecular complexity index is 523. The molecule has 0 saturated carbocycles. The highest BCUT2D eigenvalue weighted by molar-refractivity contribution is 5.62. The fourth-order valence-electron chi connectivity index (χ4n) is 1.88. The second kappa shape index (κ2) is 6.34. The van der Waals surface area contributed by atoms with Crippen LogP contribution >= 0.6 is 0 Å². The van der Waals surface area contributed by atoms with E-state index in [1.807, 2.05) is 24.3 Å². The van der Waals surface area contributed by atoms with Gasteiger partial charge in [0.2, 0.25) is 0 Å². The maximum Gasteiger partial charge on any atom is 0.131 e. The molecule has 1 aromatic heterocycles. The lowest BCUT2D eigenvalue weighted by Gasteiger charge is -2.16. The van der Waals surface area contributed by atoms with Crippen LogP contribution in [0.2, 0.25) is 0 Å². The van der Waals surface area contributed by atoms with Crippen molar-refractivity contribution in [3.63, 3.8) is 0 Å². The van der Waals surface area contributed by atoms with E-state index in [1.54, 1.807) is 0 Å². The summed E-state index contributed by atoms with van der Waals surface area (Å²) in [5.74, 6) is 0.901. The average Bonchev–Trinajstić information content (AvgIpc) is 2.48. The van der Waals surface area contributed by atoms with Crippen LogP contribution in [0, 0.1) is 0 Å². The second-order valence-corrected chi connectivity index (χ2v) is 4.73. The van der Waals surface area contributed by atoms with Crippen molar-refractivity contribution < 1.29 is 0 Å². The molecule has 0 amide bonds. The summed E-state index contributed by atoms with van der Waals surface area (Å²) >= 11 is 0. The van der Waals surface area contributed by atoms with Gasteiger partial charge in [-0.2, -0.15) is 0 Å². The summed E-state index contributed by atoms with van der Waals surface area (Å²) in [4.78, 5) is 4.71. The topological polar surface area (TPSA) is 50.9 Å². The zero-order valence-corrected chi connectivity index (χ0v) is 11.6. The van der Waals surface area contributed by atoms with Crippen LogP contribution in [0.15, 0.2) is 42.5 Å². The van der Waals surface area contributed by atoms with E-state index in [4.69, 9.17) is 10.7 Å². The van der Waals surface area contributed by atoms with Gasteiger partial charge in [0, 0.05) is 23.7 Å². The Kier molecular flexibility index (Phi) is 4.53. The molecule has 0 bridgehead atoms. The molecule has 1 aromatic carbocycles. The maximum absolute atomic E-state index is 5.78. The molecule has 2 rings (SSSR count). The Hall–Kier alpha value is -1.87. The third kappa shape index (κ3) is 3.32. The zero-order chi connectivity index (χ0) is 13.7. The number of anilines is 1. The molecule has 0 aliphatic carbocycles. The Morgan fingerprint density at radius 3 is 2.53 bits per heavy atom. The van der Waals surface area contributed by atoms with Crippen molar-refractivity contribution in [2.24, 2.45) is 5.73 Å². The van der Waals surface area contributed by atoms with Crippen LogP contribution in [0.25, 0.3) is 11.3 Å². The van der Waals surface area contributed by atoms with Crippen LogP contribution in [0.1, 0.15) is 25.8 Å². The van der Waals surface area contributed by atoms with Gasteiger partial charge in [-0.05, 0) is 19.4 Å². The second-order valence-electron chi connectivity index (χ2n) is 4.73. The van der Waals surface area contributed by atoms with Crippen molar-refractivity contribution >= 4 is 5.82 Å². The van der Waals surface area contributed by atoms with Crippen molar-refractivity contribution in [1.82, 2.24) is 4.98 Å². The number of hydrogen-bond donors (Lipinski definition) is 2. The molecule has 3 heteroatoms. The van der Waals surface area contributed by atoms with Gasteiger partial charge in [0.1, 0.15) is 5.82 Å². The first kappa shape index (κ1) is 13.6. The normalized spacial score (nSPS) is 12.2. The molecule has 0 aliphatic rings. The number of aromatic nitrogens is 1. The van der Waals surface area contributed by atoms with E-state index in [1.165, 1.54) is 0 Å². The van der Waals surface area contributed by atoms with E-state index in [0.717, 1.165) is 29.1 Å². The van der Waals surface area contributed by atoms with E-state index in [2.05, 4.69) is 37.4 Å². The Labute approximate surface area is 114 Å². The van der Waals surface area contributed by atoms with E-state index in [0.29, 0.717) is 12.6 Å². The molecule has 0 aliphatic heterocycles. The number of nitrogens with one attached hydrogen (secondary N) is 1. The highest BCUT2D eigenvalue weighted by atomic mass is 15.0. The Morgan fingerprint density at radius 2 is 1.89 bits per heavy atom. The summed E-state index contributed by atoms with van der Waals surface area (Å²) in [6.07, 6.45) is 1.06. The molecule has 1 unspecified atom stereocenters. The van der Waals surface area contributed by atoms with Gasteiger partial charge in [0.15, 0.2) is 0 Å².